The van der Waals surface area contributed by atoms with Gasteiger partial charge in [0.2, 0.25) is 5.91 Å². The maximum absolute atomic E-state index is 12.3. The number of esters is 1. The van der Waals surface area contributed by atoms with E-state index in [0.29, 0.717) is 43.1 Å². The van der Waals surface area contributed by atoms with Gasteiger partial charge in [0.1, 0.15) is 5.00 Å². The minimum Gasteiger partial charge on any atom is -0.462 e. The van der Waals surface area contributed by atoms with Gasteiger partial charge in [0.05, 0.1) is 25.3 Å². The van der Waals surface area contributed by atoms with Crippen molar-refractivity contribution in [3.05, 3.63) is 16.0 Å². The van der Waals surface area contributed by atoms with Crippen LogP contribution in [0, 0.1) is 0 Å². The van der Waals surface area contributed by atoms with Gasteiger partial charge in [-0.3, -0.25) is 4.79 Å². The molecule has 1 aliphatic heterocycles. The smallest absolute Gasteiger partial charge is 0.410 e. The van der Waals surface area contributed by atoms with Crippen LogP contribution in [0.25, 0.3) is 0 Å². The van der Waals surface area contributed by atoms with Crippen molar-refractivity contribution in [1.29, 1.82) is 0 Å². The van der Waals surface area contributed by atoms with Crippen molar-refractivity contribution in [2.75, 3.05) is 25.1 Å². The normalized spacial score (nSPS) is 13.2. The molecule has 2 amide bonds. The minimum atomic E-state index is -0.439. The van der Waals surface area contributed by atoms with Crippen molar-refractivity contribution >= 4 is 34.3 Å². The van der Waals surface area contributed by atoms with Gasteiger partial charge in [-0.25, -0.2) is 9.59 Å². The molecule has 0 aromatic carbocycles. The SMILES string of the molecule is CCOC(=O)c1c(NC(=O)CC)sc2c1CCN(C(=O)OCC)C2. The molecule has 8 heteroatoms. The molecule has 2 heterocycles. The molecule has 7 nitrogen and oxygen atoms in total. The van der Waals surface area contributed by atoms with Crippen LogP contribution in [-0.4, -0.2) is 42.6 Å². The van der Waals surface area contributed by atoms with Gasteiger partial charge in [0.25, 0.3) is 0 Å². The van der Waals surface area contributed by atoms with Gasteiger partial charge in [0, 0.05) is 17.8 Å². The molecule has 0 aliphatic carbocycles. The van der Waals surface area contributed by atoms with Gasteiger partial charge in [0.15, 0.2) is 0 Å². The first-order valence-corrected chi connectivity index (χ1v) is 8.86. The Labute approximate surface area is 144 Å². The summed E-state index contributed by atoms with van der Waals surface area (Å²) >= 11 is 1.32. The summed E-state index contributed by atoms with van der Waals surface area (Å²) in [5.74, 6) is -0.604. The fourth-order valence-corrected chi connectivity index (χ4v) is 3.76. The Balaban J connectivity index is 2.32. The molecular formula is C16H22N2O5S. The fourth-order valence-electron chi connectivity index (χ4n) is 2.50. The molecule has 1 aliphatic rings. The Morgan fingerprint density at radius 1 is 1.17 bits per heavy atom. The third-order valence-electron chi connectivity index (χ3n) is 3.64. The average molecular weight is 354 g/mol. The van der Waals surface area contributed by atoms with Crippen LogP contribution in [-0.2, 0) is 27.2 Å². The largest absolute Gasteiger partial charge is 0.462 e. The van der Waals surface area contributed by atoms with Crippen LogP contribution in [0.5, 0.6) is 0 Å². The highest BCUT2D eigenvalue weighted by molar-refractivity contribution is 7.17. The molecular weight excluding hydrogens is 332 g/mol. The molecule has 0 fully saturated rings. The number of amides is 2. The fraction of sp³-hybridized carbons (Fsp3) is 0.562. The summed E-state index contributed by atoms with van der Waals surface area (Å²) in [6.45, 7) is 6.66. The van der Waals surface area contributed by atoms with Crippen LogP contribution in [0.15, 0.2) is 0 Å². The molecule has 0 spiro atoms. The van der Waals surface area contributed by atoms with E-state index in [1.807, 2.05) is 0 Å². The molecule has 0 unspecified atom stereocenters. The van der Waals surface area contributed by atoms with E-state index in [1.54, 1.807) is 25.7 Å². The van der Waals surface area contributed by atoms with E-state index in [1.165, 1.54) is 11.3 Å². The number of nitrogens with one attached hydrogen (secondary N) is 1. The van der Waals surface area contributed by atoms with E-state index in [4.69, 9.17) is 9.47 Å². The highest BCUT2D eigenvalue weighted by atomic mass is 32.1. The zero-order valence-electron chi connectivity index (χ0n) is 14.1. The second-order valence-corrected chi connectivity index (χ2v) is 6.31. The third-order valence-corrected chi connectivity index (χ3v) is 4.77. The van der Waals surface area contributed by atoms with Gasteiger partial charge in [-0.1, -0.05) is 6.92 Å². The number of fused-ring (bicyclic) bond motifs is 1. The van der Waals surface area contributed by atoms with Gasteiger partial charge in [-0.2, -0.15) is 0 Å². The molecule has 0 saturated heterocycles. The number of hydrogen-bond donors (Lipinski definition) is 1. The Hall–Kier alpha value is -2.09. The summed E-state index contributed by atoms with van der Waals surface area (Å²) in [7, 11) is 0. The minimum absolute atomic E-state index is 0.165. The third kappa shape index (κ3) is 3.87. The standard InChI is InChI=1S/C16H22N2O5S/c1-4-12(19)17-14-13(15(20)22-5-2)10-7-8-18(9-11(10)24-14)16(21)23-6-3/h4-9H2,1-3H3,(H,17,19). The maximum atomic E-state index is 12.3. The summed E-state index contributed by atoms with van der Waals surface area (Å²) < 4.78 is 10.2. The lowest BCUT2D eigenvalue weighted by Gasteiger charge is -2.26. The Morgan fingerprint density at radius 3 is 2.50 bits per heavy atom. The Kier molecular flexibility index (Phi) is 6.19. The summed E-state index contributed by atoms with van der Waals surface area (Å²) in [5.41, 5.74) is 1.27. The number of rotatable bonds is 5. The number of thiophene rings is 1. The molecule has 0 atom stereocenters. The van der Waals surface area contributed by atoms with E-state index in [2.05, 4.69) is 5.32 Å². The summed E-state index contributed by atoms with van der Waals surface area (Å²) in [6, 6.07) is 0. The second-order valence-electron chi connectivity index (χ2n) is 5.20. The van der Waals surface area contributed by atoms with Crippen LogP contribution in [0.1, 0.15) is 48.0 Å². The Bertz CT molecular complexity index is 641. The van der Waals surface area contributed by atoms with Crippen LogP contribution in [0.4, 0.5) is 9.80 Å². The molecule has 1 aromatic rings. The van der Waals surface area contributed by atoms with Gasteiger partial charge >= 0.3 is 12.1 Å². The Morgan fingerprint density at radius 2 is 1.88 bits per heavy atom. The lowest BCUT2D eigenvalue weighted by Crippen LogP contribution is -2.36. The predicted octanol–water partition coefficient (Wildman–Crippen LogP) is 2.79. The first kappa shape index (κ1) is 18.3. The van der Waals surface area contributed by atoms with Crippen LogP contribution in [0.3, 0.4) is 0 Å². The van der Waals surface area contributed by atoms with E-state index >= 15 is 0 Å². The zero-order valence-corrected chi connectivity index (χ0v) is 15.0. The van der Waals surface area contributed by atoms with Crippen LogP contribution in [0.2, 0.25) is 0 Å². The summed E-state index contributed by atoms with van der Waals surface area (Å²) in [4.78, 5) is 38.4. The molecule has 0 saturated carbocycles. The van der Waals surface area contributed by atoms with Crippen molar-refractivity contribution in [3.8, 4) is 0 Å². The zero-order chi connectivity index (χ0) is 17.7. The highest BCUT2D eigenvalue weighted by Crippen LogP contribution is 2.37. The lowest BCUT2D eigenvalue weighted by molar-refractivity contribution is -0.115. The molecule has 2 rings (SSSR count). The lowest BCUT2D eigenvalue weighted by atomic mass is 10.0. The van der Waals surface area contributed by atoms with Crippen LogP contribution >= 0.6 is 11.3 Å². The quantitative estimate of drug-likeness (QED) is 0.822. The van der Waals surface area contributed by atoms with Gasteiger partial charge in [-0.15, -0.1) is 11.3 Å². The van der Waals surface area contributed by atoms with E-state index in [-0.39, 0.29) is 18.6 Å². The maximum Gasteiger partial charge on any atom is 0.410 e. The monoisotopic (exact) mass is 354 g/mol. The van der Waals surface area contributed by atoms with Gasteiger partial charge < -0.3 is 19.7 Å². The predicted molar refractivity (Wildman–Crippen MR) is 90.3 cm³/mol. The first-order chi connectivity index (χ1) is 11.5. The number of carbonyl (C=O) groups is 3. The number of nitrogens with zero attached hydrogens (tertiary/aromatic N) is 1. The summed E-state index contributed by atoms with van der Waals surface area (Å²) in [6.07, 6.45) is 0.481. The number of hydrogen-bond acceptors (Lipinski definition) is 6. The number of anilines is 1. The first-order valence-electron chi connectivity index (χ1n) is 8.04. The molecule has 0 bridgehead atoms. The number of ether oxygens (including phenoxy) is 2. The van der Waals surface area contributed by atoms with Crippen LogP contribution < -0.4 is 5.32 Å². The van der Waals surface area contributed by atoms with Crippen molar-refractivity contribution in [3.63, 3.8) is 0 Å². The van der Waals surface area contributed by atoms with E-state index in [0.717, 1.165) is 10.4 Å². The highest BCUT2D eigenvalue weighted by Gasteiger charge is 2.31. The molecule has 0 radical (unpaired) electrons. The average Bonchev–Trinajstić information content (AvgIpc) is 2.91. The van der Waals surface area contributed by atoms with E-state index in [9.17, 15) is 14.4 Å². The van der Waals surface area contributed by atoms with E-state index < -0.39 is 5.97 Å². The topological polar surface area (TPSA) is 84.9 Å². The summed E-state index contributed by atoms with van der Waals surface area (Å²) in [5, 5.41) is 3.27. The second kappa shape index (κ2) is 8.14. The van der Waals surface area contributed by atoms with Crippen molar-refractivity contribution < 1.29 is 23.9 Å². The molecule has 1 aromatic heterocycles. The number of carbonyl (C=O) groups excluding carboxylic acids is 3. The molecule has 1 N–H and O–H groups in total. The van der Waals surface area contributed by atoms with Crippen molar-refractivity contribution in [1.82, 2.24) is 4.90 Å². The molecule has 132 valence electrons. The van der Waals surface area contributed by atoms with Crippen molar-refractivity contribution in [2.24, 2.45) is 0 Å². The van der Waals surface area contributed by atoms with Gasteiger partial charge in [-0.05, 0) is 25.8 Å². The van der Waals surface area contributed by atoms with Crippen molar-refractivity contribution in [2.45, 2.75) is 40.2 Å². The molecule has 24 heavy (non-hydrogen) atoms.